The molecule has 21 heavy (non-hydrogen) atoms. The Bertz CT molecular complexity index is 593. The molecule has 0 saturated carbocycles. The van der Waals surface area contributed by atoms with Gasteiger partial charge in [0, 0.05) is 30.0 Å². The lowest BCUT2D eigenvalue weighted by Crippen LogP contribution is -2.31. The summed E-state index contributed by atoms with van der Waals surface area (Å²) in [6.07, 6.45) is 1.38. The number of carbonyl (C=O) groups excluding carboxylic acids is 1. The molecule has 0 radical (unpaired) electrons. The van der Waals surface area contributed by atoms with Gasteiger partial charge in [-0.1, -0.05) is 35.8 Å². The molecule has 1 amide bonds. The van der Waals surface area contributed by atoms with Crippen LogP contribution >= 0.6 is 11.6 Å². The van der Waals surface area contributed by atoms with Gasteiger partial charge in [-0.3, -0.25) is 4.79 Å². The second-order valence-corrected chi connectivity index (χ2v) is 5.64. The Kier molecular flexibility index (Phi) is 5.39. The van der Waals surface area contributed by atoms with E-state index in [0.717, 1.165) is 17.0 Å². The van der Waals surface area contributed by atoms with Crippen LogP contribution in [0.15, 0.2) is 34.9 Å². The minimum absolute atomic E-state index is 0.0465. The van der Waals surface area contributed by atoms with E-state index in [9.17, 15) is 4.79 Å². The molecule has 0 bridgehead atoms. The Balaban J connectivity index is 1.75. The van der Waals surface area contributed by atoms with Gasteiger partial charge < -0.3 is 9.84 Å². The summed E-state index contributed by atoms with van der Waals surface area (Å²) in [5.74, 6) is 0.753. The highest BCUT2D eigenvalue weighted by atomic mass is 35.5. The average molecular weight is 307 g/mol. The van der Waals surface area contributed by atoms with Crippen LogP contribution < -0.4 is 5.32 Å². The van der Waals surface area contributed by atoms with Gasteiger partial charge in [0.05, 0.1) is 5.69 Å². The molecule has 112 valence electrons. The molecule has 1 heterocycles. The van der Waals surface area contributed by atoms with Crippen molar-refractivity contribution in [3.8, 4) is 0 Å². The van der Waals surface area contributed by atoms with Crippen molar-refractivity contribution in [2.45, 2.75) is 26.7 Å². The number of rotatable bonds is 6. The average Bonchev–Trinajstić information content (AvgIpc) is 2.87. The van der Waals surface area contributed by atoms with Crippen LogP contribution in [0.5, 0.6) is 0 Å². The molecule has 2 aromatic rings. The predicted octanol–water partition coefficient (Wildman–Crippen LogP) is 3.17. The van der Waals surface area contributed by atoms with E-state index in [0.29, 0.717) is 24.4 Å². The second-order valence-electron chi connectivity index (χ2n) is 5.20. The van der Waals surface area contributed by atoms with Gasteiger partial charge in [-0.15, -0.1) is 0 Å². The van der Waals surface area contributed by atoms with E-state index in [1.165, 1.54) is 0 Å². The smallest absolute Gasteiger partial charge is 0.223 e. The molecule has 4 nitrogen and oxygen atoms in total. The lowest BCUT2D eigenvalue weighted by atomic mass is 10.0. The highest BCUT2D eigenvalue weighted by Gasteiger charge is 2.13. The summed E-state index contributed by atoms with van der Waals surface area (Å²) < 4.78 is 4.98. The van der Waals surface area contributed by atoms with Crippen LogP contribution in [-0.4, -0.2) is 17.6 Å². The first-order valence-corrected chi connectivity index (χ1v) is 7.37. The molecule has 1 N–H and O–H groups in total. The molecule has 1 aromatic carbocycles. The molecular weight excluding hydrogens is 288 g/mol. The topological polar surface area (TPSA) is 55.1 Å². The van der Waals surface area contributed by atoms with Crippen LogP contribution in [0.4, 0.5) is 0 Å². The van der Waals surface area contributed by atoms with Gasteiger partial charge in [0.25, 0.3) is 0 Å². The van der Waals surface area contributed by atoms with Gasteiger partial charge in [0.15, 0.2) is 0 Å². The fourth-order valence-electron chi connectivity index (χ4n) is 2.09. The fourth-order valence-corrected chi connectivity index (χ4v) is 2.22. The summed E-state index contributed by atoms with van der Waals surface area (Å²) in [5.41, 5.74) is 1.97. The van der Waals surface area contributed by atoms with Gasteiger partial charge >= 0.3 is 0 Å². The number of nitrogens with one attached hydrogen (secondary N) is 1. The highest BCUT2D eigenvalue weighted by molar-refractivity contribution is 6.30. The van der Waals surface area contributed by atoms with Crippen LogP contribution in [0, 0.1) is 12.8 Å². The zero-order valence-corrected chi connectivity index (χ0v) is 13.0. The number of halogens is 1. The molecule has 1 atom stereocenters. The maximum absolute atomic E-state index is 12.0. The lowest BCUT2D eigenvalue weighted by molar-refractivity contribution is -0.124. The Labute approximate surface area is 129 Å². The lowest BCUT2D eigenvalue weighted by Gasteiger charge is -2.12. The fraction of sp³-hybridized carbons (Fsp3) is 0.375. The van der Waals surface area contributed by atoms with Crippen LogP contribution in [0.1, 0.15) is 23.9 Å². The Morgan fingerprint density at radius 3 is 2.71 bits per heavy atom. The maximum atomic E-state index is 12.0. The molecule has 0 fully saturated rings. The number of hydrogen-bond acceptors (Lipinski definition) is 3. The van der Waals surface area contributed by atoms with Crippen molar-refractivity contribution in [3.05, 3.63) is 52.4 Å². The van der Waals surface area contributed by atoms with Crippen LogP contribution in [0.2, 0.25) is 5.02 Å². The third-order valence-corrected chi connectivity index (χ3v) is 3.51. The molecule has 1 unspecified atom stereocenters. The first-order valence-electron chi connectivity index (χ1n) is 6.99. The van der Waals surface area contributed by atoms with Crippen molar-refractivity contribution in [2.24, 2.45) is 5.92 Å². The molecule has 5 heteroatoms. The predicted molar refractivity (Wildman–Crippen MR) is 82.3 cm³/mol. The van der Waals surface area contributed by atoms with Gasteiger partial charge in [0.2, 0.25) is 5.91 Å². The quantitative estimate of drug-likeness (QED) is 0.892. The number of aromatic nitrogens is 1. The van der Waals surface area contributed by atoms with E-state index < -0.39 is 0 Å². The third kappa shape index (κ3) is 4.90. The van der Waals surface area contributed by atoms with Gasteiger partial charge in [-0.05, 0) is 31.0 Å². The van der Waals surface area contributed by atoms with E-state index in [-0.39, 0.29) is 11.8 Å². The van der Waals surface area contributed by atoms with Crippen LogP contribution in [0.3, 0.4) is 0 Å². The largest absolute Gasteiger partial charge is 0.361 e. The first-order chi connectivity index (χ1) is 10.0. The summed E-state index contributed by atoms with van der Waals surface area (Å²) in [4.78, 5) is 12.0. The van der Waals surface area contributed by atoms with Crippen molar-refractivity contribution in [2.75, 3.05) is 6.54 Å². The molecule has 0 spiro atoms. The molecule has 0 saturated heterocycles. The van der Waals surface area contributed by atoms with Crippen molar-refractivity contribution < 1.29 is 9.32 Å². The van der Waals surface area contributed by atoms with Crippen molar-refractivity contribution in [3.63, 3.8) is 0 Å². The molecule has 2 rings (SSSR count). The monoisotopic (exact) mass is 306 g/mol. The Hall–Kier alpha value is -1.81. The van der Waals surface area contributed by atoms with Crippen LogP contribution in [0.25, 0.3) is 0 Å². The Morgan fingerprint density at radius 2 is 2.10 bits per heavy atom. The number of amides is 1. The summed E-state index contributed by atoms with van der Waals surface area (Å²) in [6.45, 7) is 4.34. The second kappa shape index (κ2) is 7.27. The number of carbonyl (C=O) groups is 1. The van der Waals surface area contributed by atoms with Gasteiger partial charge in [-0.2, -0.15) is 0 Å². The van der Waals surface area contributed by atoms with Gasteiger partial charge in [-0.25, -0.2) is 0 Å². The first kappa shape index (κ1) is 15.6. The van der Waals surface area contributed by atoms with E-state index in [4.69, 9.17) is 16.1 Å². The van der Waals surface area contributed by atoms with Crippen molar-refractivity contribution in [1.82, 2.24) is 10.5 Å². The normalized spacial score (nSPS) is 12.1. The summed E-state index contributed by atoms with van der Waals surface area (Å²) in [6, 6.07) is 9.46. The summed E-state index contributed by atoms with van der Waals surface area (Å²) >= 11 is 5.85. The number of nitrogens with zero attached hydrogens (tertiary/aromatic N) is 1. The summed E-state index contributed by atoms with van der Waals surface area (Å²) in [7, 11) is 0. The van der Waals surface area contributed by atoms with E-state index in [1.54, 1.807) is 0 Å². The molecule has 0 aliphatic carbocycles. The van der Waals surface area contributed by atoms with Crippen molar-refractivity contribution >= 4 is 17.5 Å². The van der Waals surface area contributed by atoms with Gasteiger partial charge in [0.1, 0.15) is 5.76 Å². The molecule has 0 aliphatic rings. The maximum Gasteiger partial charge on any atom is 0.223 e. The Morgan fingerprint density at radius 1 is 1.38 bits per heavy atom. The van der Waals surface area contributed by atoms with E-state index in [1.807, 2.05) is 44.2 Å². The summed E-state index contributed by atoms with van der Waals surface area (Å²) in [5, 5.41) is 7.53. The zero-order valence-electron chi connectivity index (χ0n) is 12.2. The minimum atomic E-state index is -0.0785. The number of hydrogen-bond donors (Lipinski definition) is 1. The van der Waals surface area contributed by atoms with E-state index in [2.05, 4.69) is 10.5 Å². The molecule has 1 aromatic heterocycles. The third-order valence-electron chi connectivity index (χ3n) is 3.26. The van der Waals surface area contributed by atoms with Crippen LogP contribution in [-0.2, 0) is 17.6 Å². The number of aryl methyl sites for hydroxylation is 1. The minimum Gasteiger partial charge on any atom is -0.361 e. The molecule has 0 aliphatic heterocycles. The number of benzene rings is 1. The van der Waals surface area contributed by atoms with E-state index >= 15 is 0 Å². The zero-order chi connectivity index (χ0) is 15.2. The van der Waals surface area contributed by atoms with Crippen molar-refractivity contribution in [1.29, 1.82) is 0 Å². The standard InChI is InChI=1S/C16H19ClN2O2/c1-11(9-13-3-5-14(17)6-4-13)16(20)18-8-7-15-10-12(2)21-19-15/h3-6,10-11H,7-9H2,1-2H3,(H,18,20). The molecular formula is C16H19ClN2O2. The SMILES string of the molecule is Cc1cc(CCNC(=O)C(C)Cc2ccc(Cl)cc2)no1. The highest BCUT2D eigenvalue weighted by Crippen LogP contribution is 2.13.